The standard InChI is InChI=1S/C10H5BrFNO4/c11-7-3-5(12)1-2-6(7)9(14)4-8(13-17)10(15)16/h1-4H,(H,15,16)/b8-4-. The molecule has 1 aromatic rings. The number of carbonyl (C=O) groups excluding carboxylic acids is 1. The minimum Gasteiger partial charge on any atom is -0.476 e. The lowest BCUT2D eigenvalue weighted by Crippen LogP contribution is -2.03. The van der Waals surface area contributed by atoms with E-state index in [1.165, 1.54) is 6.07 Å². The second-order valence-corrected chi connectivity index (χ2v) is 3.77. The summed E-state index contributed by atoms with van der Waals surface area (Å²) in [5.41, 5.74) is -0.875. The van der Waals surface area contributed by atoms with Crippen molar-refractivity contribution in [3.63, 3.8) is 0 Å². The Kier molecular flexibility index (Phi) is 4.22. The molecule has 0 amide bonds. The summed E-state index contributed by atoms with van der Waals surface area (Å²) in [6, 6.07) is 3.26. The van der Waals surface area contributed by atoms with Gasteiger partial charge >= 0.3 is 5.97 Å². The number of nitrogens with zero attached hydrogens (tertiary/aromatic N) is 1. The Hall–Kier alpha value is -1.89. The largest absolute Gasteiger partial charge is 0.476 e. The summed E-state index contributed by atoms with van der Waals surface area (Å²) in [7, 11) is 0. The Labute approximate surface area is 103 Å². The summed E-state index contributed by atoms with van der Waals surface area (Å²) in [5, 5.41) is 10.7. The van der Waals surface area contributed by atoms with E-state index in [4.69, 9.17) is 5.11 Å². The zero-order chi connectivity index (χ0) is 13.0. The highest BCUT2D eigenvalue weighted by atomic mass is 79.9. The molecule has 7 heteroatoms. The number of allylic oxidation sites excluding steroid dienone is 1. The molecule has 0 aromatic heterocycles. The van der Waals surface area contributed by atoms with Crippen molar-refractivity contribution in [3.8, 4) is 0 Å². The Morgan fingerprint density at radius 1 is 1.41 bits per heavy atom. The summed E-state index contributed by atoms with van der Waals surface area (Å²) < 4.78 is 12.9. The van der Waals surface area contributed by atoms with E-state index in [1.54, 1.807) is 0 Å². The van der Waals surface area contributed by atoms with Crippen molar-refractivity contribution in [1.29, 1.82) is 0 Å². The molecule has 1 rings (SSSR count). The van der Waals surface area contributed by atoms with Gasteiger partial charge in [0.25, 0.3) is 0 Å². The number of carboxylic acid groups (broad SMARTS) is 1. The lowest BCUT2D eigenvalue weighted by molar-refractivity contribution is -0.132. The van der Waals surface area contributed by atoms with Gasteiger partial charge in [0.1, 0.15) is 5.82 Å². The average Bonchev–Trinajstić information content (AvgIpc) is 2.24. The first-order valence-electron chi connectivity index (χ1n) is 4.23. The zero-order valence-corrected chi connectivity index (χ0v) is 9.77. The highest BCUT2D eigenvalue weighted by Gasteiger charge is 2.14. The molecule has 0 spiro atoms. The van der Waals surface area contributed by atoms with E-state index in [1.807, 2.05) is 0 Å². The molecule has 0 aliphatic carbocycles. The summed E-state index contributed by atoms with van der Waals surface area (Å²) in [6.07, 6.45) is 0.577. The Bertz CT molecular complexity index is 527. The third-order valence-electron chi connectivity index (χ3n) is 1.78. The van der Waals surface area contributed by atoms with Gasteiger partial charge in [-0.1, -0.05) is 0 Å². The predicted octanol–water partition coefficient (Wildman–Crippen LogP) is 2.51. The van der Waals surface area contributed by atoms with Crippen LogP contribution in [-0.4, -0.2) is 16.9 Å². The minimum absolute atomic E-state index is 0.0359. The third-order valence-corrected chi connectivity index (χ3v) is 2.44. The maximum Gasteiger partial charge on any atom is 0.358 e. The number of ketones is 1. The molecular weight excluding hydrogens is 297 g/mol. The van der Waals surface area contributed by atoms with Crippen LogP contribution in [0.15, 0.2) is 39.6 Å². The first kappa shape index (κ1) is 13.2. The summed E-state index contributed by atoms with van der Waals surface area (Å²) in [6.45, 7) is 0. The van der Waals surface area contributed by atoms with Crippen LogP contribution in [-0.2, 0) is 4.79 Å². The number of carbonyl (C=O) groups is 2. The quantitative estimate of drug-likeness (QED) is 0.526. The number of nitroso groups, excluding NO2 is 1. The lowest BCUT2D eigenvalue weighted by Gasteiger charge is -2.00. The SMILES string of the molecule is O=N/C(=C\C(=O)c1ccc(F)cc1Br)C(=O)O. The van der Waals surface area contributed by atoms with Gasteiger partial charge in [-0.05, 0) is 39.3 Å². The molecule has 0 heterocycles. The number of rotatable bonds is 4. The van der Waals surface area contributed by atoms with Crippen LogP contribution in [0.3, 0.4) is 0 Å². The molecule has 0 saturated carbocycles. The lowest BCUT2D eigenvalue weighted by atomic mass is 10.1. The number of benzene rings is 1. The van der Waals surface area contributed by atoms with Crippen molar-refractivity contribution in [2.45, 2.75) is 0 Å². The molecule has 0 saturated heterocycles. The van der Waals surface area contributed by atoms with Crippen LogP contribution < -0.4 is 0 Å². The van der Waals surface area contributed by atoms with Gasteiger partial charge < -0.3 is 5.11 Å². The molecule has 17 heavy (non-hydrogen) atoms. The van der Waals surface area contributed by atoms with Gasteiger partial charge in [0, 0.05) is 16.1 Å². The van der Waals surface area contributed by atoms with Crippen molar-refractivity contribution in [2.24, 2.45) is 5.18 Å². The average molecular weight is 302 g/mol. The van der Waals surface area contributed by atoms with Crippen LogP contribution in [0.4, 0.5) is 4.39 Å². The van der Waals surface area contributed by atoms with Crippen molar-refractivity contribution >= 4 is 27.7 Å². The fraction of sp³-hybridized carbons (Fsp3) is 0. The normalized spacial score (nSPS) is 11.1. The second-order valence-electron chi connectivity index (χ2n) is 2.91. The number of halogens is 2. The Morgan fingerprint density at radius 3 is 2.53 bits per heavy atom. The summed E-state index contributed by atoms with van der Waals surface area (Å²) in [5.74, 6) is -2.91. The molecule has 88 valence electrons. The van der Waals surface area contributed by atoms with Gasteiger partial charge in [0.05, 0.1) is 0 Å². The van der Waals surface area contributed by atoms with Crippen molar-refractivity contribution in [2.75, 3.05) is 0 Å². The van der Waals surface area contributed by atoms with E-state index in [2.05, 4.69) is 21.1 Å². The molecule has 0 radical (unpaired) electrons. The third kappa shape index (κ3) is 3.28. The Balaban J connectivity index is 3.13. The van der Waals surface area contributed by atoms with E-state index >= 15 is 0 Å². The maximum atomic E-state index is 12.7. The molecule has 1 aromatic carbocycles. The molecule has 0 aliphatic rings. The fourth-order valence-electron chi connectivity index (χ4n) is 1.02. The van der Waals surface area contributed by atoms with Gasteiger partial charge in [-0.3, -0.25) is 4.79 Å². The van der Waals surface area contributed by atoms with E-state index in [0.29, 0.717) is 6.08 Å². The van der Waals surface area contributed by atoms with Crippen molar-refractivity contribution < 1.29 is 19.1 Å². The minimum atomic E-state index is -1.61. The number of hydrogen-bond donors (Lipinski definition) is 1. The van der Waals surface area contributed by atoms with E-state index in [-0.39, 0.29) is 10.0 Å². The van der Waals surface area contributed by atoms with Gasteiger partial charge in [0.2, 0.25) is 0 Å². The molecule has 0 unspecified atom stereocenters. The molecule has 5 nitrogen and oxygen atoms in total. The number of carboxylic acids is 1. The van der Waals surface area contributed by atoms with Crippen LogP contribution >= 0.6 is 15.9 Å². The highest BCUT2D eigenvalue weighted by Crippen LogP contribution is 2.19. The van der Waals surface area contributed by atoms with Crippen molar-refractivity contribution in [3.05, 3.63) is 50.7 Å². The Morgan fingerprint density at radius 2 is 2.06 bits per heavy atom. The molecule has 0 atom stereocenters. The van der Waals surface area contributed by atoms with Crippen LogP contribution in [0.25, 0.3) is 0 Å². The molecular formula is C10H5BrFNO4. The smallest absolute Gasteiger partial charge is 0.358 e. The van der Waals surface area contributed by atoms with E-state index < -0.39 is 23.3 Å². The van der Waals surface area contributed by atoms with E-state index in [0.717, 1.165) is 12.1 Å². The maximum absolute atomic E-state index is 12.7. The summed E-state index contributed by atoms with van der Waals surface area (Å²) >= 11 is 2.95. The molecule has 0 bridgehead atoms. The van der Waals surface area contributed by atoms with Gasteiger partial charge in [-0.15, -0.1) is 4.91 Å². The first-order chi connectivity index (χ1) is 7.95. The van der Waals surface area contributed by atoms with Crippen LogP contribution in [0.2, 0.25) is 0 Å². The molecule has 1 N–H and O–H groups in total. The topological polar surface area (TPSA) is 83.8 Å². The first-order valence-corrected chi connectivity index (χ1v) is 5.02. The van der Waals surface area contributed by atoms with Gasteiger partial charge in [-0.2, -0.15) is 0 Å². The fourth-order valence-corrected chi connectivity index (χ4v) is 1.56. The second kappa shape index (κ2) is 5.44. The van der Waals surface area contributed by atoms with Crippen LogP contribution in [0, 0.1) is 10.7 Å². The van der Waals surface area contributed by atoms with Gasteiger partial charge in [0.15, 0.2) is 11.5 Å². The highest BCUT2D eigenvalue weighted by molar-refractivity contribution is 9.10. The zero-order valence-electron chi connectivity index (χ0n) is 8.18. The van der Waals surface area contributed by atoms with Crippen molar-refractivity contribution in [1.82, 2.24) is 0 Å². The van der Waals surface area contributed by atoms with E-state index in [9.17, 15) is 18.9 Å². The van der Waals surface area contributed by atoms with Crippen LogP contribution in [0.5, 0.6) is 0 Å². The molecule has 0 fully saturated rings. The summed E-state index contributed by atoms with van der Waals surface area (Å²) in [4.78, 5) is 32.1. The monoisotopic (exact) mass is 301 g/mol. The molecule has 0 aliphatic heterocycles. The number of aliphatic carboxylic acids is 1. The van der Waals surface area contributed by atoms with Gasteiger partial charge in [-0.25, -0.2) is 9.18 Å². The predicted molar refractivity (Wildman–Crippen MR) is 59.9 cm³/mol. The van der Waals surface area contributed by atoms with Crippen LogP contribution in [0.1, 0.15) is 10.4 Å². The number of hydrogen-bond acceptors (Lipinski definition) is 4.